The number of carbonyl (C=O) groups is 1. The van der Waals surface area contributed by atoms with Crippen LogP contribution in [-0.4, -0.2) is 42.0 Å². The Balaban J connectivity index is 2.33. The van der Waals surface area contributed by atoms with E-state index in [9.17, 15) is 4.79 Å². The molecule has 4 nitrogen and oxygen atoms in total. The molecule has 1 unspecified atom stereocenters. The van der Waals surface area contributed by atoms with Crippen LogP contribution >= 0.6 is 22.9 Å². The summed E-state index contributed by atoms with van der Waals surface area (Å²) in [6, 6.07) is 0.173. The third kappa shape index (κ3) is 2.87. The Kier molecular flexibility index (Phi) is 4.24. The molecule has 0 aromatic heterocycles. The second-order valence-corrected chi connectivity index (χ2v) is 3.87. The van der Waals surface area contributed by atoms with Crippen LogP contribution in [0.1, 0.15) is 6.42 Å². The fourth-order valence-corrected chi connectivity index (χ4v) is 1.62. The lowest BCUT2D eigenvalue weighted by Crippen LogP contribution is -2.40. The zero-order chi connectivity index (χ0) is 8.97. The molecule has 1 aliphatic heterocycles. The van der Waals surface area contributed by atoms with Crippen molar-refractivity contribution in [3.05, 3.63) is 0 Å². The molecular weight excluding hydrogens is 273 g/mol. The van der Waals surface area contributed by atoms with Gasteiger partial charge in [0.2, 0.25) is 0 Å². The van der Waals surface area contributed by atoms with E-state index in [1.807, 2.05) is 0 Å². The molecule has 0 N–H and O–H groups in total. The molecule has 0 amide bonds. The highest BCUT2D eigenvalue weighted by molar-refractivity contribution is 14.1. The van der Waals surface area contributed by atoms with Crippen LogP contribution in [0.5, 0.6) is 0 Å². The van der Waals surface area contributed by atoms with Gasteiger partial charge >= 0.3 is 5.97 Å². The second kappa shape index (κ2) is 4.98. The van der Waals surface area contributed by atoms with E-state index < -0.39 is 0 Å². The molecule has 0 saturated carbocycles. The highest BCUT2D eigenvalue weighted by Gasteiger charge is 2.23. The Morgan fingerprint density at radius 3 is 3.17 bits per heavy atom. The highest BCUT2D eigenvalue weighted by Crippen LogP contribution is 2.15. The van der Waals surface area contributed by atoms with Crippen molar-refractivity contribution in [3.8, 4) is 0 Å². The van der Waals surface area contributed by atoms with E-state index in [1.165, 1.54) is 7.11 Å². The number of hydrogen-bond donors (Lipinski definition) is 0. The first-order chi connectivity index (χ1) is 5.74. The molecule has 1 fully saturated rings. The van der Waals surface area contributed by atoms with E-state index in [2.05, 4.69) is 30.7 Å². The monoisotopic (exact) mass is 285 g/mol. The Morgan fingerprint density at radius 2 is 2.58 bits per heavy atom. The van der Waals surface area contributed by atoms with E-state index in [0.29, 0.717) is 13.0 Å². The number of methoxy groups -OCH3 is 1. The predicted molar refractivity (Wildman–Crippen MR) is 52.0 cm³/mol. The SMILES string of the molecule is COC(=O)CC1COCCN1I. The lowest BCUT2D eigenvalue weighted by atomic mass is 10.2. The van der Waals surface area contributed by atoms with Gasteiger partial charge in [0.1, 0.15) is 0 Å². The van der Waals surface area contributed by atoms with E-state index >= 15 is 0 Å². The second-order valence-electron chi connectivity index (χ2n) is 2.63. The molecule has 70 valence electrons. The normalized spacial score (nSPS) is 25.3. The summed E-state index contributed by atoms with van der Waals surface area (Å²) in [6.07, 6.45) is 0.416. The Hall–Kier alpha value is 0.120. The fraction of sp³-hybridized carbons (Fsp3) is 0.857. The van der Waals surface area contributed by atoms with Gasteiger partial charge in [-0.05, 0) is 0 Å². The van der Waals surface area contributed by atoms with Gasteiger partial charge in [-0.2, -0.15) is 0 Å². The van der Waals surface area contributed by atoms with Crippen LogP contribution in [0.3, 0.4) is 0 Å². The van der Waals surface area contributed by atoms with E-state index in [0.717, 1.165) is 13.2 Å². The molecule has 0 bridgehead atoms. The van der Waals surface area contributed by atoms with Gasteiger partial charge in [-0.25, -0.2) is 3.11 Å². The average molecular weight is 285 g/mol. The van der Waals surface area contributed by atoms with Crippen LogP contribution in [0.15, 0.2) is 0 Å². The molecule has 1 saturated heterocycles. The van der Waals surface area contributed by atoms with Crippen molar-refractivity contribution in [2.45, 2.75) is 12.5 Å². The van der Waals surface area contributed by atoms with Crippen molar-refractivity contribution in [1.82, 2.24) is 3.11 Å². The standard InChI is InChI=1S/C7H12INO3/c1-11-7(10)4-6-5-12-3-2-9(6)8/h6H,2-5H2,1H3. The van der Waals surface area contributed by atoms with Crippen LogP contribution in [0, 0.1) is 0 Å². The molecule has 0 radical (unpaired) electrons. The quantitative estimate of drug-likeness (QED) is 0.423. The molecular formula is C7H12INO3. The molecule has 1 atom stereocenters. The maximum Gasteiger partial charge on any atom is 0.307 e. The van der Waals surface area contributed by atoms with Gasteiger partial charge in [-0.3, -0.25) is 4.79 Å². The molecule has 1 aliphatic rings. The van der Waals surface area contributed by atoms with E-state index in [1.54, 1.807) is 0 Å². The Bertz CT molecular complexity index is 165. The predicted octanol–water partition coefficient (Wildman–Crippen LogP) is 0.600. The van der Waals surface area contributed by atoms with Crippen LogP contribution in [0.25, 0.3) is 0 Å². The molecule has 0 aliphatic carbocycles. The third-order valence-corrected chi connectivity index (χ3v) is 3.06. The van der Waals surface area contributed by atoms with Crippen molar-refractivity contribution in [2.24, 2.45) is 0 Å². The minimum Gasteiger partial charge on any atom is -0.469 e. The van der Waals surface area contributed by atoms with E-state index in [4.69, 9.17) is 4.74 Å². The lowest BCUT2D eigenvalue weighted by molar-refractivity contribution is -0.142. The number of hydrogen-bond acceptors (Lipinski definition) is 4. The number of carbonyl (C=O) groups excluding carboxylic acids is 1. The summed E-state index contributed by atoms with van der Waals surface area (Å²) in [6.45, 7) is 2.25. The first kappa shape index (κ1) is 10.2. The summed E-state index contributed by atoms with van der Waals surface area (Å²) < 4.78 is 11.9. The van der Waals surface area contributed by atoms with Gasteiger partial charge in [0.05, 0.1) is 32.8 Å². The number of morpholine rings is 1. The first-order valence-electron chi connectivity index (χ1n) is 3.81. The number of esters is 1. The van der Waals surface area contributed by atoms with Crippen molar-refractivity contribution in [1.29, 1.82) is 0 Å². The minimum atomic E-state index is -0.174. The first-order valence-corrected chi connectivity index (χ1v) is 4.77. The summed E-state index contributed by atoms with van der Waals surface area (Å²) >= 11 is 2.21. The lowest BCUT2D eigenvalue weighted by Gasteiger charge is -2.29. The van der Waals surface area contributed by atoms with Crippen molar-refractivity contribution < 1.29 is 14.3 Å². The molecule has 0 aromatic rings. The van der Waals surface area contributed by atoms with Gasteiger partial charge in [0.15, 0.2) is 0 Å². The summed E-state index contributed by atoms with van der Waals surface area (Å²) in [5, 5.41) is 0. The van der Waals surface area contributed by atoms with Gasteiger partial charge < -0.3 is 9.47 Å². The van der Waals surface area contributed by atoms with Gasteiger partial charge in [0, 0.05) is 29.4 Å². The van der Waals surface area contributed by atoms with Crippen LogP contribution in [0.2, 0.25) is 0 Å². The smallest absolute Gasteiger partial charge is 0.307 e. The van der Waals surface area contributed by atoms with Gasteiger partial charge in [0.25, 0.3) is 0 Å². The average Bonchev–Trinajstić information content (AvgIpc) is 2.09. The number of ether oxygens (including phenoxy) is 2. The molecule has 1 rings (SSSR count). The number of nitrogens with zero attached hydrogens (tertiary/aromatic N) is 1. The fourth-order valence-electron chi connectivity index (χ4n) is 1.07. The van der Waals surface area contributed by atoms with E-state index in [-0.39, 0.29) is 12.0 Å². The number of rotatable bonds is 2. The van der Waals surface area contributed by atoms with Crippen LogP contribution in [-0.2, 0) is 14.3 Å². The number of halogens is 1. The largest absolute Gasteiger partial charge is 0.469 e. The summed E-state index contributed by atoms with van der Waals surface area (Å²) in [5.74, 6) is -0.174. The maximum absolute atomic E-state index is 10.9. The van der Waals surface area contributed by atoms with Crippen molar-refractivity contribution >= 4 is 28.8 Å². The molecule has 0 spiro atoms. The molecule has 0 aromatic carbocycles. The van der Waals surface area contributed by atoms with Crippen LogP contribution < -0.4 is 0 Å². The topological polar surface area (TPSA) is 38.8 Å². The minimum absolute atomic E-state index is 0.173. The van der Waals surface area contributed by atoms with Gasteiger partial charge in [-0.1, -0.05) is 0 Å². The molecule has 5 heteroatoms. The third-order valence-electron chi connectivity index (χ3n) is 1.79. The molecule has 12 heavy (non-hydrogen) atoms. The zero-order valence-corrected chi connectivity index (χ0v) is 9.11. The van der Waals surface area contributed by atoms with Crippen LogP contribution in [0.4, 0.5) is 0 Å². The summed E-state index contributed by atoms with van der Waals surface area (Å²) in [5.41, 5.74) is 0. The highest BCUT2D eigenvalue weighted by atomic mass is 127. The maximum atomic E-state index is 10.9. The molecule has 1 heterocycles. The van der Waals surface area contributed by atoms with Gasteiger partial charge in [-0.15, -0.1) is 0 Å². The zero-order valence-electron chi connectivity index (χ0n) is 6.96. The Morgan fingerprint density at radius 1 is 1.83 bits per heavy atom. The van der Waals surface area contributed by atoms with Crippen molar-refractivity contribution in [3.63, 3.8) is 0 Å². The van der Waals surface area contributed by atoms with Crippen molar-refractivity contribution in [2.75, 3.05) is 26.9 Å². The summed E-state index contributed by atoms with van der Waals surface area (Å²) in [7, 11) is 1.41. The Labute approximate surface area is 85.7 Å². The summed E-state index contributed by atoms with van der Waals surface area (Å²) in [4.78, 5) is 10.9.